The molecule has 2 rings (SSSR count). The summed E-state index contributed by atoms with van der Waals surface area (Å²) in [6.45, 7) is 5.84. The van der Waals surface area contributed by atoms with Crippen LogP contribution in [0.4, 0.5) is 0 Å². The van der Waals surface area contributed by atoms with Crippen LogP contribution in [0.3, 0.4) is 0 Å². The zero-order valence-electron chi connectivity index (χ0n) is 13.4. The molecule has 0 aliphatic heterocycles. The van der Waals surface area contributed by atoms with Crippen LogP contribution in [-0.2, 0) is 4.74 Å². The molecule has 0 saturated heterocycles. The van der Waals surface area contributed by atoms with Crippen molar-refractivity contribution in [2.24, 2.45) is 0 Å². The Balaban J connectivity index is 1.63. The molecular formula is C18H29NO2. The largest absolute Gasteiger partial charge is 0.508 e. The first-order valence-corrected chi connectivity index (χ1v) is 8.31. The number of phenolic OH excluding ortho intramolecular Hbond substituents is 1. The second-order valence-electron chi connectivity index (χ2n) is 6.22. The summed E-state index contributed by atoms with van der Waals surface area (Å²) in [7, 11) is 0. The molecule has 1 aliphatic carbocycles. The summed E-state index contributed by atoms with van der Waals surface area (Å²) in [6, 6.07) is 6.03. The van der Waals surface area contributed by atoms with E-state index in [0.717, 1.165) is 30.7 Å². The number of phenols is 1. The van der Waals surface area contributed by atoms with Crippen molar-refractivity contribution in [1.29, 1.82) is 0 Å². The number of ether oxygens (including phenoxy) is 1. The molecule has 1 fully saturated rings. The van der Waals surface area contributed by atoms with Gasteiger partial charge >= 0.3 is 0 Å². The Labute approximate surface area is 128 Å². The fraction of sp³-hybridized carbons (Fsp3) is 0.667. The van der Waals surface area contributed by atoms with Crippen LogP contribution in [0.25, 0.3) is 0 Å². The Morgan fingerprint density at radius 2 is 2.05 bits per heavy atom. The maximum Gasteiger partial charge on any atom is 0.120 e. The van der Waals surface area contributed by atoms with Gasteiger partial charge < -0.3 is 15.2 Å². The number of hydrogen-bond acceptors (Lipinski definition) is 3. The van der Waals surface area contributed by atoms with Crippen molar-refractivity contribution in [1.82, 2.24) is 5.32 Å². The molecule has 1 aromatic carbocycles. The molecule has 1 saturated carbocycles. The minimum absolute atomic E-state index is 0.167. The van der Waals surface area contributed by atoms with Gasteiger partial charge in [0, 0.05) is 18.2 Å². The van der Waals surface area contributed by atoms with Gasteiger partial charge in [0.05, 0.1) is 6.10 Å². The zero-order chi connectivity index (χ0) is 15.1. The summed E-state index contributed by atoms with van der Waals surface area (Å²) in [5.41, 5.74) is 2.05. The van der Waals surface area contributed by atoms with Crippen molar-refractivity contribution in [3.8, 4) is 5.75 Å². The first-order valence-electron chi connectivity index (χ1n) is 8.31. The highest BCUT2D eigenvalue weighted by atomic mass is 16.5. The fourth-order valence-electron chi connectivity index (χ4n) is 3.00. The monoisotopic (exact) mass is 291 g/mol. The van der Waals surface area contributed by atoms with E-state index in [1.165, 1.54) is 32.1 Å². The van der Waals surface area contributed by atoms with E-state index in [1.807, 2.05) is 25.1 Å². The Bertz CT molecular complexity index is 427. The van der Waals surface area contributed by atoms with Gasteiger partial charge in [0.25, 0.3) is 0 Å². The minimum Gasteiger partial charge on any atom is -0.508 e. The Morgan fingerprint density at radius 1 is 1.29 bits per heavy atom. The number of aryl methyl sites for hydroxylation is 1. The van der Waals surface area contributed by atoms with E-state index < -0.39 is 0 Å². The standard InChI is InChI=1S/C18H29NO2/c1-14-9-10-17(18(20)13-14)15(2)19-11-6-12-21-16-7-4-3-5-8-16/h9-10,13,15-16,19-20H,3-8,11-12H2,1-2H3. The van der Waals surface area contributed by atoms with Crippen LogP contribution in [0.2, 0.25) is 0 Å². The molecular weight excluding hydrogens is 262 g/mol. The first kappa shape index (κ1) is 16.3. The third kappa shape index (κ3) is 5.33. The zero-order valence-corrected chi connectivity index (χ0v) is 13.4. The third-order valence-corrected chi connectivity index (χ3v) is 4.33. The van der Waals surface area contributed by atoms with Gasteiger partial charge in [-0.25, -0.2) is 0 Å². The molecule has 1 aliphatic rings. The number of benzene rings is 1. The Hall–Kier alpha value is -1.06. The topological polar surface area (TPSA) is 41.5 Å². The molecule has 0 radical (unpaired) electrons. The highest BCUT2D eigenvalue weighted by Gasteiger charge is 2.13. The Morgan fingerprint density at radius 3 is 2.76 bits per heavy atom. The van der Waals surface area contributed by atoms with Crippen LogP contribution in [0.1, 0.15) is 62.6 Å². The first-order chi connectivity index (χ1) is 10.2. The van der Waals surface area contributed by atoms with Gasteiger partial charge in [-0.15, -0.1) is 0 Å². The van der Waals surface area contributed by atoms with Crippen LogP contribution in [0.5, 0.6) is 5.75 Å². The fourth-order valence-corrected chi connectivity index (χ4v) is 3.00. The van der Waals surface area contributed by atoms with Gasteiger partial charge in [-0.2, -0.15) is 0 Å². The van der Waals surface area contributed by atoms with Crippen LogP contribution < -0.4 is 5.32 Å². The predicted octanol–water partition coefficient (Wildman–Crippen LogP) is 4.09. The summed E-state index contributed by atoms with van der Waals surface area (Å²) in [5, 5.41) is 13.4. The van der Waals surface area contributed by atoms with Gasteiger partial charge in [0.15, 0.2) is 0 Å². The van der Waals surface area contributed by atoms with Crippen molar-refractivity contribution >= 4 is 0 Å². The predicted molar refractivity (Wildman–Crippen MR) is 86.7 cm³/mol. The second kappa shape index (κ2) is 8.40. The van der Waals surface area contributed by atoms with Gasteiger partial charge in [-0.1, -0.05) is 31.4 Å². The molecule has 0 amide bonds. The number of aromatic hydroxyl groups is 1. The third-order valence-electron chi connectivity index (χ3n) is 4.33. The van der Waals surface area contributed by atoms with Gasteiger partial charge in [-0.3, -0.25) is 0 Å². The van der Waals surface area contributed by atoms with Gasteiger partial charge in [-0.05, 0) is 51.3 Å². The lowest BCUT2D eigenvalue weighted by atomic mass is 9.98. The van der Waals surface area contributed by atoms with E-state index in [1.54, 1.807) is 0 Å². The van der Waals surface area contributed by atoms with E-state index in [0.29, 0.717) is 11.9 Å². The molecule has 0 aromatic heterocycles. The molecule has 21 heavy (non-hydrogen) atoms. The average Bonchev–Trinajstić information content (AvgIpc) is 2.47. The Kier molecular flexibility index (Phi) is 6.52. The van der Waals surface area contributed by atoms with Crippen molar-refractivity contribution < 1.29 is 9.84 Å². The van der Waals surface area contributed by atoms with Crippen LogP contribution in [0.15, 0.2) is 18.2 Å². The SMILES string of the molecule is Cc1ccc(C(C)NCCCOC2CCCCC2)c(O)c1. The van der Waals surface area contributed by atoms with Crippen molar-refractivity contribution in [2.75, 3.05) is 13.2 Å². The second-order valence-corrected chi connectivity index (χ2v) is 6.22. The molecule has 118 valence electrons. The molecule has 0 bridgehead atoms. The number of nitrogens with one attached hydrogen (secondary N) is 1. The van der Waals surface area contributed by atoms with E-state index in [9.17, 15) is 5.11 Å². The maximum atomic E-state index is 9.97. The van der Waals surface area contributed by atoms with E-state index in [2.05, 4.69) is 12.2 Å². The summed E-state index contributed by atoms with van der Waals surface area (Å²) in [6.07, 6.45) is 8.02. The van der Waals surface area contributed by atoms with Crippen molar-refractivity contribution in [3.63, 3.8) is 0 Å². The maximum absolute atomic E-state index is 9.97. The summed E-state index contributed by atoms with van der Waals surface area (Å²) < 4.78 is 5.92. The normalized spacial score (nSPS) is 17.8. The molecule has 2 N–H and O–H groups in total. The van der Waals surface area contributed by atoms with E-state index >= 15 is 0 Å². The van der Waals surface area contributed by atoms with Crippen molar-refractivity contribution in [3.05, 3.63) is 29.3 Å². The minimum atomic E-state index is 0.167. The van der Waals surface area contributed by atoms with Gasteiger partial charge in [0.1, 0.15) is 5.75 Å². The van der Waals surface area contributed by atoms with Crippen LogP contribution >= 0.6 is 0 Å². The lowest BCUT2D eigenvalue weighted by molar-refractivity contribution is 0.0271. The summed E-state index contributed by atoms with van der Waals surface area (Å²) >= 11 is 0. The molecule has 0 spiro atoms. The highest BCUT2D eigenvalue weighted by Crippen LogP contribution is 2.25. The number of rotatable bonds is 7. The lowest BCUT2D eigenvalue weighted by Gasteiger charge is -2.22. The van der Waals surface area contributed by atoms with Crippen molar-refractivity contribution in [2.45, 2.75) is 64.5 Å². The average molecular weight is 291 g/mol. The lowest BCUT2D eigenvalue weighted by Crippen LogP contribution is -2.23. The number of hydrogen-bond donors (Lipinski definition) is 2. The van der Waals surface area contributed by atoms with Crippen LogP contribution in [0, 0.1) is 6.92 Å². The summed E-state index contributed by atoms with van der Waals surface area (Å²) in [4.78, 5) is 0. The molecule has 1 atom stereocenters. The molecule has 0 heterocycles. The molecule has 3 heteroatoms. The van der Waals surface area contributed by atoms with E-state index in [4.69, 9.17) is 4.74 Å². The van der Waals surface area contributed by atoms with Gasteiger partial charge in [0.2, 0.25) is 0 Å². The quantitative estimate of drug-likeness (QED) is 0.743. The van der Waals surface area contributed by atoms with Crippen LogP contribution in [-0.4, -0.2) is 24.4 Å². The molecule has 3 nitrogen and oxygen atoms in total. The summed E-state index contributed by atoms with van der Waals surface area (Å²) in [5.74, 6) is 0.383. The molecule has 1 aromatic rings. The smallest absolute Gasteiger partial charge is 0.120 e. The van der Waals surface area contributed by atoms with E-state index in [-0.39, 0.29) is 6.04 Å². The highest BCUT2D eigenvalue weighted by molar-refractivity contribution is 5.37. The molecule has 1 unspecified atom stereocenters.